The highest BCUT2D eigenvalue weighted by Gasteiger charge is 2.44. The predicted octanol–water partition coefficient (Wildman–Crippen LogP) is 7.55. The van der Waals surface area contributed by atoms with Crippen LogP contribution in [-0.4, -0.2) is 68.8 Å². The molecule has 3 heterocycles. The summed E-state index contributed by atoms with van der Waals surface area (Å²) in [4.78, 5) is 13.9. The molecular formula is C44H50O9. The topological polar surface area (TPSA) is 90.9 Å². The summed E-state index contributed by atoms with van der Waals surface area (Å²) in [6, 6.07) is 37.9. The van der Waals surface area contributed by atoms with Gasteiger partial charge in [0.05, 0.1) is 64.1 Å². The Morgan fingerprint density at radius 1 is 0.642 bits per heavy atom. The molecule has 4 aromatic carbocycles. The van der Waals surface area contributed by atoms with Gasteiger partial charge in [-0.1, -0.05) is 103 Å². The lowest BCUT2D eigenvalue weighted by atomic mass is 9.92. The van der Waals surface area contributed by atoms with E-state index in [-0.39, 0.29) is 36.6 Å². The average molecular weight is 723 g/mol. The van der Waals surface area contributed by atoms with Gasteiger partial charge in [0.25, 0.3) is 0 Å². The van der Waals surface area contributed by atoms with Crippen molar-refractivity contribution in [3.63, 3.8) is 0 Å². The number of methoxy groups -OCH3 is 1. The Morgan fingerprint density at radius 3 is 1.98 bits per heavy atom. The predicted molar refractivity (Wildman–Crippen MR) is 198 cm³/mol. The Hall–Kier alpha value is -3.93. The second-order valence-corrected chi connectivity index (χ2v) is 14.0. The molecule has 9 nitrogen and oxygen atoms in total. The Bertz CT molecular complexity index is 1670. The second-order valence-electron chi connectivity index (χ2n) is 14.0. The van der Waals surface area contributed by atoms with Crippen molar-refractivity contribution in [1.82, 2.24) is 0 Å². The fraction of sp³-hybridized carbons (Fsp3) is 0.432. The van der Waals surface area contributed by atoms with Crippen molar-refractivity contribution in [2.75, 3.05) is 20.3 Å². The fourth-order valence-electron chi connectivity index (χ4n) is 7.29. The van der Waals surface area contributed by atoms with E-state index in [9.17, 15) is 4.79 Å². The van der Waals surface area contributed by atoms with Crippen LogP contribution in [0.3, 0.4) is 0 Å². The number of ether oxygens (including phenoxy) is 8. The molecule has 3 aliphatic heterocycles. The van der Waals surface area contributed by atoms with Gasteiger partial charge in [0.15, 0.2) is 12.1 Å². The van der Waals surface area contributed by atoms with Gasteiger partial charge in [0, 0.05) is 25.0 Å². The van der Waals surface area contributed by atoms with Gasteiger partial charge in [0.1, 0.15) is 18.0 Å². The normalized spacial score (nSPS) is 27.5. The molecule has 0 bridgehead atoms. The van der Waals surface area contributed by atoms with Crippen LogP contribution < -0.4 is 4.74 Å². The van der Waals surface area contributed by atoms with Crippen LogP contribution in [0.15, 0.2) is 115 Å². The number of fused-ring (bicyclic) bond motifs is 1. The molecule has 0 radical (unpaired) electrons. The third kappa shape index (κ3) is 10.4. The SMILES string of the molecule is COc1ccc(CO[C@H]2CC[C@@H]3O[C@H](c4ccccc4)OC[C@H]3O[C@H]2C[C@H]2O[C@@H](CCOCc3ccccc3)[C@H](OCc3ccccc3)CC2=O)cc1. The first kappa shape index (κ1) is 37.4. The van der Waals surface area contributed by atoms with Gasteiger partial charge in [-0.05, 0) is 48.1 Å². The van der Waals surface area contributed by atoms with E-state index in [1.54, 1.807) is 7.11 Å². The molecular weight excluding hydrogens is 672 g/mol. The molecule has 8 atom stereocenters. The van der Waals surface area contributed by atoms with E-state index in [1.165, 1.54) is 0 Å². The lowest BCUT2D eigenvalue weighted by molar-refractivity contribution is -0.273. The van der Waals surface area contributed by atoms with Gasteiger partial charge >= 0.3 is 0 Å². The maximum absolute atomic E-state index is 13.9. The van der Waals surface area contributed by atoms with Crippen molar-refractivity contribution < 1.29 is 42.7 Å². The molecule has 53 heavy (non-hydrogen) atoms. The largest absolute Gasteiger partial charge is 0.497 e. The fourth-order valence-corrected chi connectivity index (χ4v) is 7.29. The van der Waals surface area contributed by atoms with Gasteiger partial charge < -0.3 is 37.9 Å². The molecule has 0 unspecified atom stereocenters. The van der Waals surface area contributed by atoms with Gasteiger partial charge in [-0.3, -0.25) is 4.79 Å². The second kappa shape index (κ2) is 18.9. The molecule has 0 aliphatic carbocycles. The Kier molecular flexibility index (Phi) is 13.3. The Balaban J connectivity index is 1.04. The number of Topliss-reactive ketones (excluding diaryl/α,β-unsaturated/α-hetero) is 1. The molecule has 280 valence electrons. The number of carbonyl (C=O) groups is 1. The first-order chi connectivity index (χ1) is 26.1. The van der Waals surface area contributed by atoms with E-state index in [2.05, 4.69) is 0 Å². The maximum Gasteiger partial charge on any atom is 0.184 e. The highest BCUT2D eigenvalue weighted by Crippen LogP contribution is 2.36. The molecule has 4 aromatic rings. The lowest BCUT2D eigenvalue weighted by Gasteiger charge is -2.39. The summed E-state index contributed by atoms with van der Waals surface area (Å²) in [5, 5.41) is 0. The Labute approximate surface area is 312 Å². The zero-order valence-electron chi connectivity index (χ0n) is 30.3. The Morgan fingerprint density at radius 2 is 1.28 bits per heavy atom. The molecule has 3 saturated heterocycles. The van der Waals surface area contributed by atoms with Crippen LogP contribution in [0.2, 0.25) is 0 Å². The summed E-state index contributed by atoms with van der Waals surface area (Å²) >= 11 is 0. The summed E-state index contributed by atoms with van der Waals surface area (Å²) in [7, 11) is 1.65. The van der Waals surface area contributed by atoms with E-state index in [1.807, 2.05) is 115 Å². The number of ketones is 1. The van der Waals surface area contributed by atoms with Crippen molar-refractivity contribution in [2.24, 2.45) is 0 Å². The van der Waals surface area contributed by atoms with E-state index in [0.717, 1.165) is 34.4 Å². The number of hydrogen-bond donors (Lipinski definition) is 0. The standard InChI is InChI=1S/C44H50O9/c1-46-35-19-17-33(18-20-35)29-48-37-21-22-38-43(30-50-44(53-38)34-15-9-4-10-16-34)52-42(37)26-40-36(45)25-41(49-28-32-13-7-3-8-14-32)39(51-40)23-24-47-27-31-11-5-2-6-12-31/h2-20,37-44H,21-30H2,1H3/t37-,38-,39-,40+,41+,42-,43+,44+/m0/s1. The van der Waals surface area contributed by atoms with Gasteiger partial charge in [-0.2, -0.15) is 0 Å². The first-order valence-electron chi connectivity index (χ1n) is 18.8. The number of carbonyl (C=O) groups excluding carboxylic acids is 1. The average Bonchev–Trinajstić information content (AvgIpc) is 3.38. The highest BCUT2D eigenvalue weighted by atomic mass is 16.7. The van der Waals surface area contributed by atoms with Crippen LogP contribution in [0, 0.1) is 0 Å². The molecule has 0 saturated carbocycles. The van der Waals surface area contributed by atoms with E-state index in [0.29, 0.717) is 52.3 Å². The minimum absolute atomic E-state index is 0.00287. The molecule has 3 aliphatic rings. The van der Waals surface area contributed by atoms with Crippen LogP contribution in [0.1, 0.15) is 60.6 Å². The zero-order chi connectivity index (χ0) is 36.2. The molecule has 3 fully saturated rings. The monoisotopic (exact) mass is 722 g/mol. The molecule has 0 aromatic heterocycles. The summed E-state index contributed by atoms with van der Waals surface area (Å²) in [5.41, 5.74) is 4.15. The maximum atomic E-state index is 13.9. The molecule has 9 heteroatoms. The molecule has 0 N–H and O–H groups in total. The summed E-state index contributed by atoms with van der Waals surface area (Å²) in [6.45, 7) is 2.15. The lowest BCUT2D eigenvalue weighted by Crippen LogP contribution is -2.49. The zero-order valence-corrected chi connectivity index (χ0v) is 30.3. The van der Waals surface area contributed by atoms with Crippen LogP contribution in [0.25, 0.3) is 0 Å². The minimum Gasteiger partial charge on any atom is -0.497 e. The van der Waals surface area contributed by atoms with Crippen molar-refractivity contribution in [2.45, 2.75) is 101 Å². The van der Waals surface area contributed by atoms with E-state index >= 15 is 0 Å². The van der Waals surface area contributed by atoms with E-state index < -0.39 is 24.6 Å². The van der Waals surface area contributed by atoms with Crippen molar-refractivity contribution >= 4 is 5.78 Å². The molecule has 0 amide bonds. The number of benzene rings is 4. The van der Waals surface area contributed by atoms with Crippen molar-refractivity contribution in [3.05, 3.63) is 138 Å². The van der Waals surface area contributed by atoms with Crippen LogP contribution >= 0.6 is 0 Å². The minimum atomic E-state index is -0.679. The summed E-state index contributed by atoms with van der Waals surface area (Å²) in [6.07, 6.45) is -0.444. The third-order valence-corrected chi connectivity index (χ3v) is 10.2. The summed E-state index contributed by atoms with van der Waals surface area (Å²) in [5.74, 6) is 0.792. The first-order valence-corrected chi connectivity index (χ1v) is 18.8. The smallest absolute Gasteiger partial charge is 0.184 e. The molecule has 0 spiro atoms. The molecule has 7 rings (SSSR count). The van der Waals surface area contributed by atoms with Crippen molar-refractivity contribution in [1.29, 1.82) is 0 Å². The quantitative estimate of drug-likeness (QED) is 0.115. The van der Waals surface area contributed by atoms with Gasteiger partial charge in [-0.15, -0.1) is 0 Å². The number of hydrogen-bond acceptors (Lipinski definition) is 9. The summed E-state index contributed by atoms with van der Waals surface area (Å²) < 4.78 is 50.6. The van der Waals surface area contributed by atoms with Gasteiger partial charge in [-0.25, -0.2) is 0 Å². The van der Waals surface area contributed by atoms with E-state index in [4.69, 9.17) is 37.9 Å². The van der Waals surface area contributed by atoms with Crippen LogP contribution in [0.5, 0.6) is 5.75 Å². The van der Waals surface area contributed by atoms with Gasteiger partial charge in [0.2, 0.25) is 0 Å². The van der Waals surface area contributed by atoms with Crippen LogP contribution in [0.4, 0.5) is 0 Å². The van der Waals surface area contributed by atoms with Crippen molar-refractivity contribution in [3.8, 4) is 5.75 Å². The highest BCUT2D eigenvalue weighted by molar-refractivity contribution is 5.84. The number of rotatable bonds is 15. The van der Waals surface area contributed by atoms with Crippen LogP contribution in [-0.2, 0) is 57.8 Å². The third-order valence-electron chi connectivity index (χ3n) is 10.2.